The molecule has 1 N–H and O–H groups in total. The first-order valence-corrected chi connectivity index (χ1v) is 6.57. The van der Waals surface area contributed by atoms with E-state index in [1.165, 1.54) is 17.6 Å². The minimum atomic E-state index is -0.531. The zero-order valence-electron chi connectivity index (χ0n) is 12.6. The molecule has 0 aliphatic rings. The van der Waals surface area contributed by atoms with E-state index in [1.54, 1.807) is 13.8 Å². The van der Waals surface area contributed by atoms with Crippen molar-refractivity contribution in [2.45, 2.75) is 47.2 Å². The van der Waals surface area contributed by atoms with E-state index in [2.05, 4.69) is 10.3 Å². The zero-order chi connectivity index (χ0) is 15.4. The maximum atomic E-state index is 12.0. The Morgan fingerprint density at radius 2 is 1.95 bits per heavy atom. The first-order valence-electron chi connectivity index (χ1n) is 6.57. The highest BCUT2D eigenvalue weighted by Crippen LogP contribution is 2.03. The second-order valence-corrected chi connectivity index (χ2v) is 5.27. The lowest BCUT2D eigenvalue weighted by Gasteiger charge is -2.20. The van der Waals surface area contributed by atoms with Gasteiger partial charge in [0.25, 0.3) is 5.56 Å². The molecule has 1 heterocycles. The van der Waals surface area contributed by atoms with Crippen LogP contribution in [-0.2, 0) is 16.1 Å². The van der Waals surface area contributed by atoms with Gasteiger partial charge in [-0.1, -0.05) is 13.8 Å². The normalized spacial score (nSPS) is 12.3. The lowest BCUT2D eigenvalue weighted by atomic mass is 10.0. The molecule has 0 saturated heterocycles. The summed E-state index contributed by atoms with van der Waals surface area (Å²) >= 11 is 0. The van der Waals surface area contributed by atoms with Gasteiger partial charge in [-0.3, -0.25) is 19.0 Å². The maximum Gasteiger partial charge on any atom is 0.254 e. The van der Waals surface area contributed by atoms with Crippen LogP contribution in [0, 0.1) is 19.8 Å². The number of rotatable bonds is 5. The highest BCUT2D eigenvalue weighted by Gasteiger charge is 2.21. The van der Waals surface area contributed by atoms with Crippen LogP contribution in [0.15, 0.2) is 10.9 Å². The predicted octanol–water partition coefficient (Wildman–Crippen LogP) is 0.590. The number of Topliss-reactive ketones (excluding diaryl/α,β-unsaturated/α-hetero) is 1. The number of nitrogens with one attached hydrogen (secondary N) is 1. The fourth-order valence-corrected chi connectivity index (χ4v) is 2.06. The van der Waals surface area contributed by atoms with E-state index in [0.717, 1.165) is 0 Å². The van der Waals surface area contributed by atoms with E-state index in [0.29, 0.717) is 11.5 Å². The van der Waals surface area contributed by atoms with Crippen LogP contribution in [0.3, 0.4) is 0 Å². The number of aryl methyl sites for hydroxylation is 2. The average molecular weight is 279 g/mol. The molecule has 0 aromatic carbocycles. The Labute approximate surface area is 118 Å². The molecular weight excluding hydrogens is 258 g/mol. The molecule has 1 aromatic heterocycles. The van der Waals surface area contributed by atoms with Crippen LogP contribution in [0.4, 0.5) is 0 Å². The van der Waals surface area contributed by atoms with Crippen molar-refractivity contribution in [1.82, 2.24) is 14.9 Å². The summed E-state index contributed by atoms with van der Waals surface area (Å²) in [5.74, 6) is 0.0219. The summed E-state index contributed by atoms with van der Waals surface area (Å²) in [7, 11) is 0. The Bertz CT molecular complexity index is 576. The molecule has 0 aliphatic heterocycles. The van der Waals surface area contributed by atoms with E-state index in [-0.39, 0.29) is 29.7 Å². The molecule has 0 spiro atoms. The molecule has 1 amide bonds. The minimum absolute atomic E-state index is 0.00501. The van der Waals surface area contributed by atoms with Crippen LogP contribution < -0.4 is 10.9 Å². The van der Waals surface area contributed by atoms with Gasteiger partial charge < -0.3 is 5.32 Å². The van der Waals surface area contributed by atoms with E-state index >= 15 is 0 Å². The van der Waals surface area contributed by atoms with Crippen molar-refractivity contribution in [3.05, 3.63) is 27.9 Å². The molecule has 0 saturated carbocycles. The molecule has 20 heavy (non-hydrogen) atoms. The standard InChI is InChI=1S/C14H21N3O3/c1-8(2)14(10(4)18)16-12(19)7-17-11(5)15-9(3)6-13(17)20/h6,8,14H,7H2,1-5H3,(H,16,19). The fourth-order valence-electron chi connectivity index (χ4n) is 2.06. The molecule has 0 aliphatic carbocycles. The van der Waals surface area contributed by atoms with Crippen molar-refractivity contribution < 1.29 is 9.59 Å². The van der Waals surface area contributed by atoms with Crippen molar-refractivity contribution in [3.63, 3.8) is 0 Å². The fraction of sp³-hybridized carbons (Fsp3) is 0.571. The lowest BCUT2D eigenvalue weighted by molar-refractivity contribution is -0.128. The second-order valence-electron chi connectivity index (χ2n) is 5.27. The summed E-state index contributed by atoms with van der Waals surface area (Å²) in [6.45, 7) is 8.43. The van der Waals surface area contributed by atoms with E-state index in [1.807, 2.05) is 13.8 Å². The summed E-state index contributed by atoms with van der Waals surface area (Å²) in [6, 6.07) is 0.850. The second kappa shape index (κ2) is 6.45. The van der Waals surface area contributed by atoms with Crippen LogP contribution in [0.5, 0.6) is 0 Å². The molecule has 1 aromatic rings. The molecule has 0 fully saturated rings. The lowest BCUT2D eigenvalue weighted by Crippen LogP contribution is -2.45. The first-order chi connectivity index (χ1) is 9.22. The summed E-state index contributed by atoms with van der Waals surface area (Å²) in [5, 5.41) is 2.66. The highest BCUT2D eigenvalue weighted by molar-refractivity contribution is 5.87. The van der Waals surface area contributed by atoms with Gasteiger partial charge in [-0.25, -0.2) is 4.98 Å². The third-order valence-electron chi connectivity index (χ3n) is 3.05. The molecule has 6 heteroatoms. The summed E-state index contributed by atoms with van der Waals surface area (Å²) in [5.41, 5.74) is 0.349. The monoisotopic (exact) mass is 279 g/mol. The number of hydrogen-bond donors (Lipinski definition) is 1. The summed E-state index contributed by atoms with van der Waals surface area (Å²) in [4.78, 5) is 39.4. The number of amides is 1. The minimum Gasteiger partial charge on any atom is -0.344 e. The first kappa shape index (κ1) is 16.1. The topological polar surface area (TPSA) is 81.1 Å². The average Bonchev–Trinajstić information content (AvgIpc) is 2.29. The van der Waals surface area contributed by atoms with Crippen LogP contribution in [0.2, 0.25) is 0 Å². The molecule has 110 valence electrons. The SMILES string of the molecule is CC(=O)C(NC(=O)Cn1c(C)nc(C)cc1=O)C(C)C. The van der Waals surface area contributed by atoms with Gasteiger partial charge in [0.2, 0.25) is 5.91 Å². The summed E-state index contributed by atoms with van der Waals surface area (Å²) in [6.07, 6.45) is 0. The Kier molecular flexibility index (Phi) is 5.19. The van der Waals surface area contributed by atoms with Gasteiger partial charge >= 0.3 is 0 Å². The number of ketones is 1. The van der Waals surface area contributed by atoms with Gasteiger partial charge in [0, 0.05) is 11.8 Å². The number of hydrogen-bond acceptors (Lipinski definition) is 4. The van der Waals surface area contributed by atoms with Gasteiger partial charge in [0.1, 0.15) is 12.4 Å². The summed E-state index contributed by atoms with van der Waals surface area (Å²) < 4.78 is 1.29. The Morgan fingerprint density at radius 1 is 1.35 bits per heavy atom. The molecule has 0 radical (unpaired) electrons. The number of carbonyl (C=O) groups is 2. The molecule has 1 atom stereocenters. The van der Waals surface area contributed by atoms with Crippen LogP contribution >= 0.6 is 0 Å². The van der Waals surface area contributed by atoms with Crippen LogP contribution in [0.25, 0.3) is 0 Å². The number of aromatic nitrogens is 2. The van der Waals surface area contributed by atoms with E-state index in [9.17, 15) is 14.4 Å². The highest BCUT2D eigenvalue weighted by atomic mass is 16.2. The molecular formula is C14H21N3O3. The van der Waals surface area contributed by atoms with Crippen molar-refractivity contribution in [1.29, 1.82) is 0 Å². The Balaban J connectivity index is 2.87. The van der Waals surface area contributed by atoms with Crippen molar-refractivity contribution >= 4 is 11.7 Å². The molecule has 6 nitrogen and oxygen atoms in total. The van der Waals surface area contributed by atoms with Gasteiger partial charge in [-0.2, -0.15) is 0 Å². The van der Waals surface area contributed by atoms with Gasteiger partial charge in [-0.05, 0) is 26.7 Å². The van der Waals surface area contributed by atoms with Crippen LogP contribution in [-0.4, -0.2) is 27.3 Å². The van der Waals surface area contributed by atoms with E-state index < -0.39 is 6.04 Å². The molecule has 1 unspecified atom stereocenters. The van der Waals surface area contributed by atoms with Crippen LogP contribution in [0.1, 0.15) is 32.3 Å². The molecule has 0 bridgehead atoms. The van der Waals surface area contributed by atoms with Gasteiger partial charge in [-0.15, -0.1) is 0 Å². The predicted molar refractivity (Wildman–Crippen MR) is 75.4 cm³/mol. The Morgan fingerprint density at radius 3 is 2.40 bits per heavy atom. The van der Waals surface area contributed by atoms with Gasteiger partial charge in [0.15, 0.2) is 5.78 Å². The van der Waals surface area contributed by atoms with Crippen molar-refractivity contribution in [3.8, 4) is 0 Å². The Hall–Kier alpha value is -1.98. The third-order valence-corrected chi connectivity index (χ3v) is 3.05. The van der Waals surface area contributed by atoms with Gasteiger partial charge in [0.05, 0.1) is 6.04 Å². The van der Waals surface area contributed by atoms with E-state index in [4.69, 9.17) is 0 Å². The molecule has 1 rings (SSSR count). The number of carbonyl (C=O) groups excluding carboxylic acids is 2. The smallest absolute Gasteiger partial charge is 0.254 e. The maximum absolute atomic E-state index is 12.0. The van der Waals surface area contributed by atoms with Crippen molar-refractivity contribution in [2.24, 2.45) is 5.92 Å². The third kappa shape index (κ3) is 4.01. The number of nitrogens with zero attached hydrogens (tertiary/aromatic N) is 2. The quantitative estimate of drug-likeness (QED) is 0.855. The largest absolute Gasteiger partial charge is 0.344 e. The van der Waals surface area contributed by atoms with Crippen molar-refractivity contribution in [2.75, 3.05) is 0 Å². The zero-order valence-corrected chi connectivity index (χ0v) is 12.6.